The van der Waals surface area contributed by atoms with Crippen molar-refractivity contribution in [1.82, 2.24) is 0 Å². The van der Waals surface area contributed by atoms with Crippen LogP contribution in [0.3, 0.4) is 0 Å². The SMILES string of the molecule is C=CC(=O)OCCCCC.CCOC(=O)/C=C\C(=O)OCC. The largest absolute Gasteiger partial charge is 0.463 e. The van der Waals surface area contributed by atoms with Gasteiger partial charge in [-0.1, -0.05) is 26.3 Å². The smallest absolute Gasteiger partial charge is 0.330 e. The third kappa shape index (κ3) is 17.9. The van der Waals surface area contributed by atoms with E-state index >= 15 is 0 Å². The molecule has 0 unspecified atom stereocenters. The van der Waals surface area contributed by atoms with Crippen molar-refractivity contribution in [3.05, 3.63) is 24.8 Å². The van der Waals surface area contributed by atoms with Crippen LogP contribution in [0.4, 0.5) is 0 Å². The minimum Gasteiger partial charge on any atom is -0.463 e. The Hall–Kier alpha value is -2.11. The Bertz CT molecular complexity index is 340. The lowest BCUT2D eigenvalue weighted by Crippen LogP contribution is -2.03. The van der Waals surface area contributed by atoms with Gasteiger partial charge in [-0.2, -0.15) is 0 Å². The highest BCUT2D eigenvalue weighted by Gasteiger charge is 1.97. The van der Waals surface area contributed by atoms with Crippen LogP contribution in [0.15, 0.2) is 24.8 Å². The van der Waals surface area contributed by atoms with Crippen molar-refractivity contribution in [2.24, 2.45) is 0 Å². The van der Waals surface area contributed by atoms with Crippen molar-refractivity contribution in [3.63, 3.8) is 0 Å². The van der Waals surface area contributed by atoms with Crippen LogP contribution in [-0.2, 0) is 28.6 Å². The molecule has 0 bridgehead atoms. The normalized spacial score (nSPS) is 9.41. The van der Waals surface area contributed by atoms with Crippen molar-refractivity contribution in [2.45, 2.75) is 40.0 Å². The summed E-state index contributed by atoms with van der Waals surface area (Å²) in [5.74, 6) is -1.40. The Kier molecular flexibility index (Phi) is 17.1. The molecule has 0 saturated heterocycles. The molecule has 0 aromatic heterocycles. The van der Waals surface area contributed by atoms with Gasteiger partial charge < -0.3 is 14.2 Å². The third-order valence-electron chi connectivity index (χ3n) is 2.09. The molecule has 0 spiro atoms. The van der Waals surface area contributed by atoms with Gasteiger partial charge in [-0.3, -0.25) is 0 Å². The number of esters is 3. The summed E-state index contributed by atoms with van der Waals surface area (Å²) in [6.45, 7) is 9.89. The Morgan fingerprint density at radius 2 is 1.32 bits per heavy atom. The highest BCUT2D eigenvalue weighted by Crippen LogP contribution is 1.94. The number of unbranched alkanes of at least 4 members (excludes halogenated alkanes) is 2. The maximum atomic E-state index is 10.6. The average molecular weight is 314 g/mol. The quantitative estimate of drug-likeness (QED) is 0.282. The fourth-order valence-corrected chi connectivity index (χ4v) is 1.10. The standard InChI is InChI=1S/C8H12O4.C8H14O2/c1-3-11-7(9)5-6-8(10)12-4-2;1-3-5-6-7-10-8(9)4-2/h5-6H,3-4H2,1-2H3;4H,2-3,5-7H2,1H3/b6-5-;. The number of hydrogen-bond acceptors (Lipinski definition) is 6. The minimum absolute atomic E-state index is 0.298. The van der Waals surface area contributed by atoms with E-state index in [4.69, 9.17) is 4.74 Å². The van der Waals surface area contributed by atoms with Crippen LogP contribution in [0.1, 0.15) is 40.0 Å². The molecule has 6 nitrogen and oxygen atoms in total. The minimum atomic E-state index is -0.537. The van der Waals surface area contributed by atoms with Crippen molar-refractivity contribution in [3.8, 4) is 0 Å². The molecule has 0 aliphatic heterocycles. The molecular weight excluding hydrogens is 288 g/mol. The van der Waals surface area contributed by atoms with E-state index in [0.717, 1.165) is 31.4 Å². The molecule has 0 atom stereocenters. The van der Waals surface area contributed by atoms with Gasteiger partial charge in [0.25, 0.3) is 0 Å². The van der Waals surface area contributed by atoms with Gasteiger partial charge in [-0.05, 0) is 20.3 Å². The van der Waals surface area contributed by atoms with Crippen LogP contribution < -0.4 is 0 Å². The Morgan fingerprint density at radius 3 is 1.68 bits per heavy atom. The van der Waals surface area contributed by atoms with E-state index in [1.807, 2.05) is 0 Å². The summed E-state index contributed by atoms with van der Waals surface area (Å²) in [6, 6.07) is 0. The fraction of sp³-hybridized carbons (Fsp3) is 0.562. The number of carbonyl (C=O) groups is 3. The predicted octanol–water partition coefficient (Wildman–Crippen LogP) is 2.57. The zero-order chi connectivity index (χ0) is 17.2. The number of carbonyl (C=O) groups excluding carboxylic acids is 3. The first kappa shape index (κ1) is 22.2. The van der Waals surface area contributed by atoms with Gasteiger partial charge in [-0.25, -0.2) is 14.4 Å². The molecule has 0 aliphatic carbocycles. The molecule has 0 heterocycles. The maximum absolute atomic E-state index is 10.6. The molecule has 0 amide bonds. The van der Waals surface area contributed by atoms with Crippen LogP contribution in [-0.4, -0.2) is 37.7 Å². The Balaban J connectivity index is 0. The molecule has 6 heteroatoms. The van der Waals surface area contributed by atoms with Crippen molar-refractivity contribution >= 4 is 17.9 Å². The lowest BCUT2D eigenvalue weighted by molar-refractivity contribution is -0.140. The van der Waals surface area contributed by atoms with Gasteiger partial charge in [0.1, 0.15) is 0 Å². The molecule has 126 valence electrons. The summed E-state index contributed by atoms with van der Waals surface area (Å²) >= 11 is 0. The van der Waals surface area contributed by atoms with Crippen LogP contribution in [0.2, 0.25) is 0 Å². The fourth-order valence-electron chi connectivity index (χ4n) is 1.10. The van der Waals surface area contributed by atoms with Gasteiger partial charge in [-0.15, -0.1) is 0 Å². The monoisotopic (exact) mass is 314 g/mol. The third-order valence-corrected chi connectivity index (χ3v) is 2.09. The second kappa shape index (κ2) is 16.9. The van der Waals surface area contributed by atoms with Crippen molar-refractivity contribution < 1.29 is 28.6 Å². The molecular formula is C16H26O6. The first-order valence-corrected chi connectivity index (χ1v) is 7.32. The zero-order valence-corrected chi connectivity index (χ0v) is 13.6. The van der Waals surface area contributed by atoms with Gasteiger partial charge in [0.05, 0.1) is 19.8 Å². The second-order valence-corrected chi connectivity index (χ2v) is 3.92. The molecule has 0 rings (SSSR count). The van der Waals surface area contributed by atoms with Crippen LogP contribution >= 0.6 is 0 Å². The summed E-state index contributed by atoms with van der Waals surface area (Å²) in [4.78, 5) is 31.7. The topological polar surface area (TPSA) is 78.9 Å². The Labute approximate surface area is 132 Å². The molecule has 0 aromatic rings. The molecule has 0 fully saturated rings. The summed E-state index contributed by atoms with van der Waals surface area (Å²) in [7, 11) is 0. The number of rotatable bonds is 9. The summed E-state index contributed by atoms with van der Waals surface area (Å²) < 4.78 is 13.8. The lowest BCUT2D eigenvalue weighted by Gasteiger charge is -1.98. The van der Waals surface area contributed by atoms with Gasteiger partial charge in [0.2, 0.25) is 0 Å². The highest BCUT2D eigenvalue weighted by molar-refractivity contribution is 5.91. The van der Waals surface area contributed by atoms with E-state index in [1.165, 1.54) is 6.08 Å². The second-order valence-electron chi connectivity index (χ2n) is 3.92. The number of hydrogen-bond donors (Lipinski definition) is 0. The molecule has 0 aliphatic rings. The van der Waals surface area contributed by atoms with Crippen molar-refractivity contribution in [2.75, 3.05) is 19.8 Å². The summed E-state index contributed by atoms with van der Waals surface area (Å²) in [5.41, 5.74) is 0. The predicted molar refractivity (Wildman–Crippen MR) is 83.1 cm³/mol. The molecule has 0 saturated carbocycles. The van der Waals surface area contributed by atoms with Crippen LogP contribution in [0, 0.1) is 0 Å². The maximum Gasteiger partial charge on any atom is 0.330 e. The first-order chi connectivity index (χ1) is 10.5. The van der Waals surface area contributed by atoms with Gasteiger partial charge in [0.15, 0.2) is 0 Å². The van der Waals surface area contributed by atoms with Crippen LogP contribution in [0.25, 0.3) is 0 Å². The lowest BCUT2D eigenvalue weighted by atomic mass is 10.3. The first-order valence-electron chi connectivity index (χ1n) is 7.32. The van der Waals surface area contributed by atoms with E-state index in [0.29, 0.717) is 19.8 Å². The van der Waals surface area contributed by atoms with Crippen LogP contribution in [0.5, 0.6) is 0 Å². The number of ether oxygens (including phenoxy) is 3. The van der Waals surface area contributed by atoms with E-state index in [9.17, 15) is 14.4 Å². The average Bonchev–Trinajstić information content (AvgIpc) is 2.50. The van der Waals surface area contributed by atoms with Gasteiger partial charge >= 0.3 is 17.9 Å². The molecule has 0 radical (unpaired) electrons. The molecule has 0 aromatic carbocycles. The summed E-state index contributed by atoms with van der Waals surface area (Å²) in [5, 5.41) is 0. The zero-order valence-electron chi connectivity index (χ0n) is 13.6. The van der Waals surface area contributed by atoms with E-state index in [1.54, 1.807) is 13.8 Å². The van der Waals surface area contributed by atoms with E-state index < -0.39 is 11.9 Å². The Morgan fingerprint density at radius 1 is 0.818 bits per heavy atom. The molecule has 0 N–H and O–H groups in total. The highest BCUT2D eigenvalue weighted by atomic mass is 16.5. The van der Waals surface area contributed by atoms with Crippen molar-refractivity contribution in [1.29, 1.82) is 0 Å². The summed E-state index contributed by atoms with van der Waals surface area (Å²) in [6.07, 6.45) is 6.49. The van der Waals surface area contributed by atoms with E-state index in [-0.39, 0.29) is 5.97 Å². The molecule has 22 heavy (non-hydrogen) atoms. The van der Waals surface area contributed by atoms with E-state index in [2.05, 4.69) is 23.0 Å². The van der Waals surface area contributed by atoms with Gasteiger partial charge in [0, 0.05) is 18.2 Å².